The second kappa shape index (κ2) is 7.22. The van der Waals surface area contributed by atoms with E-state index in [2.05, 4.69) is 22.1 Å². The molecule has 0 aromatic carbocycles. The highest BCUT2D eigenvalue weighted by Crippen LogP contribution is 2.04. The number of nitrogens with one attached hydrogen (secondary N) is 1. The summed E-state index contributed by atoms with van der Waals surface area (Å²) in [6.07, 6.45) is 0.726. The van der Waals surface area contributed by atoms with E-state index in [0.29, 0.717) is 12.5 Å². The van der Waals surface area contributed by atoms with E-state index < -0.39 is 6.09 Å². The van der Waals surface area contributed by atoms with Gasteiger partial charge in [0, 0.05) is 35.6 Å². The summed E-state index contributed by atoms with van der Waals surface area (Å²) in [7, 11) is 0. The molecule has 0 radical (unpaired) electrons. The first-order chi connectivity index (χ1) is 5.66. The Morgan fingerprint density at radius 2 is 2.42 bits per heavy atom. The van der Waals surface area contributed by atoms with Crippen molar-refractivity contribution < 1.29 is 9.90 Å². The van der Waals surface area contributed by atoms with Gasteiger partial charge in [0.2, 0.25) is 0 Å². The molecule has 1 atom stereocenters. The van der Waals surface area contributed by atoms with E-state index in [-0.39, 0.29) is 0 Å². The van der Waals surface area contributed by atoms with Gasteiger partial charge in [0.05, 0.1) is 0 Å². The van der Waals surface area contributed by atoms with Crippen molar-refractivity contribution in [3.8, 4) is 9.85 Å². The third-order valence-corrected chi connectivity index (χ3v) is 1.81. The summed E-state index contributed by atoms with van der Waals surface area (Å²) < 4.78 is 2.78. The first-order valence-electron chi connectivity index (χ1n) is 3.72. The molecular formula is C8H12INO2. The standard InChI is InChI=1S/C8H12INO2/c1-7(3-2-5-9)4-6-10-8(11)12/h7,10H,3-4,6H2,1H3,(H,11,12). The maximum absolute atomic E-state index is 10.1. The van der Waals surface area contributed by atoms with Crippen LogP contribution < -0.4 is 5.32 Å². The zero-order valence-electron chi connectivity index (χ0n) is 6.93. The summed E-state index contributed by atoms with van der Waals surface area (Å²) in [5.74, 6) is 3.41. The molecule has 0 aliphatic carbocycles. The smallest absolute Gasteiger partial charge is 0.404 e. The molecule has 0 aliphatic rings. The summed E-state index contributed by atoms with van der Waals surface area (Å²) >= 11 is 2.00. The van der Waals surface area contributed by atoms with Gasteiger partial charge < -0.3 is 10.4 Å². The van der Waals surface area contributed by atoms with E-state index in [1.807, 2.05) is 22.6 Å². The van der Waals surface area contributed by atoms with E-state index in [4.69, 9.17) is 5.11 Å². The molecule has 0 heterocycles. The molecule has 0 aromatic heterocycles. The Balaban J connectivity index is 3.35. The van der Waals surface area contributed by atoms with Gasteiger partial charge in [-0.1, -0.05) is 12.8 Å². The fraction of sp³-hybridized carbons (Fsp3) is 0.625. The van der Waals surface area contributed by atoms with Gasteiger partial charge in [-0.25, -0.2) is 4.79 Å². The molecule has 0 saturated heterocycles. The van der Waals surface area contributed by atoms with Crippen LogP contribution in [0.2, 0.25) is 0 Å². The van der Waals surface area contributed by atoms with Crippen molar-refractivity contribution in [1.82, 2.24) is 5.32 Å². The summed E-state index contributed by atoms with van der Waals surface area (Å²) in [5.41, 5.74) is 0. The second-order valence-corrected chi connectivity index (χ2v) is 3.14. The molecule has 0 rings (SSSR count). The van der Waals surface area contributed by atoms with Gasteiger partial charge in [-0.2, -0.15) is 0 Å². The Morgan fingerprint density at radius 3 is 2.92 bits per heavy atom. The average molecular weight is 281 g/mol. The highest BCUT2D eigenvalue weighted by atomic mass is 127. The lowest BCUT2D eigenvalue weighted by atomic mass is 10.1. The molecule has 1 unspecified atom stereocenters. The number of carboxylic acid groups (broad SMARTS) is 1. The first kappa shape index (κ1) is 11.6. The van der Waals surface area contributed by atoms with Crippen molar-refractivity contribution in [2.45, 2.75) is 19.8 Å². The molecule has 1 amide bonds. The molecule has 2 N–H and O–H groups in total. The number of halogens is 1. The Hall–Kier alpha value is -0.440. The van der Waals surface area contributed by atoms with Gasteiger partial charge in [-0.05, 0) is 16.3 Å². The van der Waals surface area contributed by atoms with Crippen LogP contribution in [0.15, 0.2) is 0 Å². The Labute approximate surface area is 86.1 Å². The van der Waals surface area contributed by atoms with Crippen molar-refractivity contribution in [1.29, 1.82) is 0 Å². The van der Waals surface area contributed by atoms with Crippen LogP contribution in [-0.2, 0) is 0 Å². The Morgan fingerprint density at radius 1 is 1.75 bits per heavy atom. The van der Waals surface area contributed by atoms with Gasteiger partial charge in [-0.3, -0.25) is 0 Å². The van der Waals surface area contributed by atoms with Crippen LogP contribution in [0, 0.1) is 15.8 Å². The molecule has 0 fully saturated rings. The van der Waals surface area contributed by atoms with Crippen LogP contribution >= 0.6 is 22.6 Å². The van der Waals surface area contributed by atoms with E-state index in [0.717, 1.165) is 12.8 Å². The molecular weight excluding hydrogens is 269 g/mol. The predicted molar refractivity (Wildman–Crippen MR) is 56.2 cm³/mol. The summed E-state index contributed by atoms with van der Waals surface area (Å²) in [4.78, 5) is 10.1. The Kier molecular flexibility index (Phi) is 6.96. The molecule has 0 saturated carbocycles. The maximum atomic E-state index is 10.1. The van der Waals surface area contributed by atoms with E-state index in [1.54, 1.807) is 0 Å². The van der Waals surface area contributed by atoms with Crippen LogP contribution in [0.25, 0.3) is 0 Å². The lowest BCUT2D eigenvalue weighted by Gasteiger charge is -2.06. The van der Waals surface area contributed by atoms with Crippen molar-refractivity contribution in [3.63, 3.8) is 0 Å². The van der Waals surface area contributed by atoms with Gasteiger partial charge in [0.25, 0.3) is 0 Å². The molecule has 0 aromatic rings. The number of carbonyl (C=O) groups is 1. The van der Waals surface area contributed by atoms with E-state index in [1.165, 1.54) is 0 Å². The van der Waals surface area contributed by atoms with Gasteiger partial charge in [0.1, 0.15) is 0 Å². The largest absolute Gasteiger partial charge is 0.465 e. The highest BCUT2D eigenvalue weighted by Gasteiger charge is 2.00. The zero-order valence-corrected chi connectivity index (χ0v) is 9.09. The summed E-state index contributed by atoms with van der Waals surface area (Å²) in [6, 6.07) is 0. The third kappa shape index (κ3) is 7.66. The van der Waals surface area contributed by atoms with Crippen LogP contribution in [0.3, 0.4) is 0 Å². The molecule has 3 nitrogen and oxygen atoms in total. The van der Waals surface area contributed by atoms with E-state index >= 15 is 0 Å². The van der Waals surface area contributed by atoms with Crippen molar-refractivity contribution >= 4 is 28.7 Å². The molecule has 12 heavy (non-hydrogen) atoms. The topological polar surface area (TPSA) is 49.3 Å². The van der Waals surface area contributed by atoms with Crippen molar-refractivity contribution in [3.05, 3.63) is 0 Å². The molecule has 0 bridgehead atoms. The van der Waals surface area contributed by atoms with Crippen LogP contribution in [-0.4, -0.2) is 17.7 Å². The monoisotopic (exact) mass is 281 g/mol. The highest BCUT2D eigenvalue weighted by molar-refractivity contribution is 14.1. The van der Waals surface area contributed by atoms with Crippen LogP contribution in [0.5, 0.6) is 0 Å². The molecule has 0 spiro atoms. The third-order valence-electron chi connectivity index (χ3n) is 1.43. The van der Waals surface area contributed by atoms with E-state index in [9.17, 15) is 4.79 Å². The number of rotatable bonds is 4. The Bertz CT molecular complexity index is 195. The SMILES string of the molecule is CC(CC#CI)CCNC(=O)O. The second-order valence-electron chi connectivity index (χ2n) is 2.60. The zero-order chi connectivity index (χ0) is 9.40. The maximum Gasteiger partial charge on any atom is 0.404 e. The molecule has 0 aliphatic heterocycles. The number of amides is 1. The minimum atomic E-state index is -0.956. The molecule has 4 heteroatoms. The fourth-order valence-electron chi connectivity index (χ4n) is 0.740. The summed E-state index contributed by atoms with van der Waals surface area (Å²) in [5, 5.41) is 10.6. The van der Waals surface area contributed by atoms with Crippen molar-refractivity contribution in [2.24, 2.45) is 5.92 Å². The quantitative estimate of drug-likeness (QED) is 0.612. The van der Waals surface area contributed by atoms with Gasteiger partial charge in [0.15, 0.2) is 0 Å². The summed E-state index contributed by atoms with van der Waals surface area (Å²) in [6.45, 7) is 2.57. The van der Waals surface area contributed by atoms with Crippen molar-refractivity contribution in [2.75, 3.05) is 6.54 Å². The molecule has 68 valence electrons. The lowest BCUT2D eigenvalue weighted by Crippen LogP contribution is -2.23. The number of hydrogen-bond acceptors (Lipinski definition) is 1. The van der Waals surface area contributed by atoms with Crippen LogP contribution in [0.4, 0.5) is 4.79 Å². The lowest BCUT2D eigenvalue weighted by molar-refractivity contribution is 0.194. The first-order valence-corrected chi connectivity index (χ1v) is 4.80. The van der Waals surface area contributed by atoms with Gasteiger partial charge in [-0.15, -0.1) is 0 Å². The van der Waals surface area contributed by atoms with Gasteiger partial charge >= 0.3 is 6.09 Å². The fourth-order valence-corrected chi connectivity index (χ4v) is 0.961. The minimum Gasteiger partial charge on any atom is -0.465 e. The number of hydrogen-bond donors (Lipinski definition) is 2. The predicted octanol–water partition coefficient (Wildman–Crippen LogP) is 2.07. The average Bonchev–Trinajstić information content (AvgIpc) is 2.00. The normalized spacial score (nSPS) is 11.2. The van der Waals surface area contributed by atoms with Crippen LogP contribution in [0.1, 0.15) is 19.8 Å². The minimum absolute atomic E-state index is 0.458.